The highest BCUT2D eigenvalue weighted by Gasteiger charge is 2.21. The van der Waals surface area contributed by atoms with Crippen LogP contribution in [0.4, 0.5) is 5.69 Å². The first-order chi connectivity index (χ1) is 11.0. The van der Waals surface area contributed by atoms with Crippen LogP contribution in [0.3, 0.4) is 0 Å². The van der Waals surface area contributed by atoms with Crippen LogP contribution < -0.4 is 10.1 Å². The Morgan fingerprint density at radius 2 is 1.91 bits per heavy atom. The van der Waals surface area contributed by atoms with Crippen LogP contribution in [0.15, 0.2) is 60.7 Å². The van der Waals surface area contributed by atoms with E-state index >= 15 is 0 Å². The third-order valence-corrected chi connectivity index (χ3v) is 3.54. The average molecular weight is 305 g/mol. The highest BCUT2D eigenvalue weighted by atomic mass is 16.5. The lowest BCUT2D eigenvalue weighted by atomic mass is 10.0. The first-order valence-electron chi connectivity index (χ1n) is 7.58. The number of anilines is 1. The second kappa shape index (κ2) is 6.13. The number of carbonyl (C=O) groups excluding carboxylic acids is 1. The van der Waals surface area contributed by atoms with Crippen molar-refractivity contribution in [3.05, 3.63) is 71.8 Å². The van der Waals surface area contributed by atoms with Crippen molar-refractivity contribution in [2.75, 3.05) is 5.32 Å². The van der Waals surface area contributed by atoms with Gasteiger partial charge in [-0.1, -0.05) is 36.4 Å². The molecule has 2 aromatic carbocycles. The van der Waals surface area contributed by atoms with E-state index in [-0.39, 0.29) is 11.5 Å². The molecule has 3 rings (SSSR count). The molecule has 0 aliphatic carbocycles. The molecule has 1 aliphatic heterocycles. The molecule has 3 nitrogen and oxygen atoms in total. The quantitative estimate of drug-likeness (QED) is 0.847. The van der Waals surface area contributed by atoms with Gasteiger partial charge >= 0.3 is 0 Å². The molecule has 0 unspecified atom stereocenters. The Morgan fingerprint density at radius 3 is 2.70 bits per heavy atom. The summed E-state index contributed by atoms with van der Waals surface area (Å²) in [5, 5.41) is 2.87. The molecule has 0 spiro atoms. The van der Waals surface area contributed by atoms with Crippen LogP contribution in [0.2, 0.25) is 0 Å². The molecule has 116 valence electrons. The molecule has 23 heavy (non-hydrogen) atoms. The van der Waals surface area contributed by atoms with E-state index in [4.69, 9.17) is 4.74 Å². The minimum atomic E-state index is -0.295. The Bertz CT molecular complexity index is 773. The topological polar surface area (TPSA) is 38.3 Å². The van der Waals surface area contributed by atoms with Crippen molar-refractivity contribution >= 4 is 23.7 Å². The lowest BCUT2D eigenvalue weighted by Gasteiger charge is -2.28. The summed E-state index contributed by atoms with van der Waals surface area (Å²) in [5.74, 6) is 0.671. The van der Waals surface area contributed by atoms with Crippen molar-refractivity contribution in [3.63, 3.8) is 0 Å². The van der Waals surface area contributed by atoms with Crippen molar-refractivity contribution in [3.8, 4) is 5.75 Å². The predicted octanol–water partition coefficient (Wildman–Crippen LogP) is 4.52. The SMILES string of the molecule is CC1(C)C=Cc2cc(NC(=O)/C=C/c3ccccc3)ccc2O1. The van der Waals surface area contributed by atoms with E-state index in [1.165, 1.54) is 6.08 Å². The van der Waals surface area contributed by atoms with Gasteiger partial charge in [0, 0.05) is 17.3 Å². The largest absolute Gasteiger partial charge is 0.483 e. The molecular weight excluding hydrogens is 286 g/mol. The molecule has 0 saturated carbocycles. The maximum Gasteiger partial charge on any atom is 0.248 e. The summed E-state index contributed by atoms with van der Waals surface area (Å²) >= 11 is 0. The van der Waals surface area contributed by atoms with Gasteiger partial charge < -0.3 is 10.1 Å². The van der Waals surface area contributed by atoms with Gasteiger partial charge in [0.2, 0.25) is 5.91 Å². The number of ether oxygens (including phenoxy) is 1. The third kappa shape index (κ3) is 3.89. The number of rotatable bonds is 3. The van der Waals surface area contributed by atoms with Crippen molar-refractivity contribution in [1.29, 1.82) is 0 Å². The lowest BCUT2D eigenvalue weighted by Crippen LogP contribution is -2.27. The molecule has 0 fully saturated rings. The first kappa shape index (κ1) is 15.1. The summed E-state index contributed by atoms with van der Waals surface area (Å²) in [6.45, 7) is 4.02. The number of fused-ring (bicyclic) bond motifs is 1. The Morgan fingerprint density at radius 1 is 1.13 bits per heavy atom. The molecular formula is C20H19NO2. The summed E-state index contributed by atoms with van der Waals surface area (Å²) < 4.78 is 5.87. The van der Waals surface area contributed by atoms with Gasteiger partial charge in [0.1, 0.15) is 11.4 Å². The lowest BCUT2D eigenvalue weighted by molar-refractivity contribution is -0.111. The number of hydrogen-bond donors (Lipinski definition) is 1. The van der Waals surface area contributed by atoms with Gasteiger partial charge in [0.05, 0.1) is 0 Å². The summed E-state index contributed by atoms with van der Waals surface area (Å²) in [5.41, 5.74) is 2.41. The van der Waals surface area contributed by atoms with Gasteiger partial charge in [-0.25, -0.2) is 0 Å². The molecule has 3 heteroatoms. The van der Waals surface area contributed by atoms with Crippen LogP contribution in [-0.4, -0.2) is 11.5 Å². The maximum atomic E-state index is 12.0. The molecule has 0 saturated heterocycles. The zero-order valence-electron chi connectivity index (χ0n) is 13.2. The smallest absolute Gasteiger partial charge is 0.248 e. The minimum Gasteiger partial charge on any atom is -0.483 e. The van der Waals surface area contributed by atoms with Gasteiger partial charge in [-0.3, -0.25) is 4.79 Å². The molecule has 0 radical (unpaired) electrons. The Labute approximate surface area is 136 Å². The van der Waals surface area contributed by atoms with Gasteiger partial charge in [0.15, 0.2) is 0 Å². The summed E-state index contributed by atoms with van der Waals surface area (Å²) in [7, 11) is 0. The van der Waals surface area contributed by atoms with E-state index in [1.54, 1.807) is 6.08 Å². The fourth-order valence-electron chi connectivity index (χ4n) is 2.38. The fraction of sp³-hybridized carbons (Fsp3) is 0.150. The van der Waals surface area contributed by atoms with Crippen LogP contribution in [0.25, 0.3) is 12.2 Å². The number of amides is 1. The van der Waals surface area contributed by atoms with E-state index in [0.717, 1.165) is 22.6 Å². The first-order valence-corrected chi connectivity index (χ1v) is 7.58. The molecule has 0 atom stereocenters. The van der Waals surface area contributed by atoms with Crippen molar-refractivity contribution in [2.45, 2.75) is 19.4 Å². The standard InChI is InChI=1S/C20H19NO2/c1-20(2)13-12-16-14-17(9-10-18(16)23-20)21-19(22)11-8-15-6-4-3-5-7-15/h3-14H,1-2H3,(H,21,22)/b11-8+. The monoisotopic (exact) mass is 305 g/mol. The van der Waals surface area contributed by atoms with Gasteiger partial charge in [-0.2, -0.15) is 0 Å². The molecule has 1 aliphatic rings. The van der Waals surface area contributed by atoms with Crippen LogP contribution in [0, 0.1) is 0 Å². The highest BCUT2D eigenvalue weighted by Crippen LogP contribution is 2.32. The van der Waals surface area contributed by atoms with Crippen LogP contribution in [-0.2, 0) is 4.79 Å². The third-order valence-electron chi connectivity index (χ3n) is 3.54. The predicted molar refractivity (Wildman–Crippen MR) is 94.3 cm³/mol. The zero-order chi connectivity index (χ0) is 16.3. The van der Waals surface area contributed by atoms with Crippen LogP contribution in [0.1, 0.15) is 25.0 Å². The van der Waals surface area contributed by atoms with E-state index in [1.807, 2.05) is 74.5 Å². The normalized spacial score (nSPS) is 15.0. The Hall–Kier alpha value is -2.81. The van der Waals surface area contributed by atoms with Crippen molar-refractivity contribution in [2.24, 2.45) is 0 Å². The van der Waals surface area contributed by atoms with E-state index in [2.05, 4.69) is 5.32 Å². The van der Waals surface area contributed by atoms with Gasteiger partial charge in [-0.15, -0.1) is 0 Å². The second-order valence-electron chi connectivity index (χ2n) is 6.02. The van der Waals surface area contributed by atoms with Crippen LogP contribution in [0.5, 0.6) is 5.75 Å². The Balaban J connectivity index is 1.69. The average Bonchev–Trinajstić information content (AvgIpc) is 2.53. The van der Waals surface area contributed by atoms with E-state index in [0.29, 0.717) is 0 Å². The highest BCUT2D eigenvalue weighted by molar-refractivity contribution is 6.02. The number of benzene rings is 2. The summed E-state index contributed by atoms with van der Waals surface area (Å²) in [4.78, 5) is 12.0. The minimum absolute atomic E-state index is 0.158. The fourth-order valence-corrected chi connectivity index (χ4v) is 2.38. The number of hydrogen-bond acceptors (Lipinski definition) is 2. The van der Waals surface area contributed by atoms with Crippen molar-refractivity contribution in [1.82, 2.24) is 0 Å². The zero-order valence-corrected chi connectivity index (χ0v) is 13.2. The summed E-state index contributed by atoms with van der Waals surface area (Å²) in [6.07, 6.45) is 7.36. The molecule has 2 aromatic rings. The van der Waals surface area contributed by atoms with Gasteiger partial charge in [0.25, 0.3) is 0 Å². The molecule has 1 amide bonds. The maximum absolute atomic E-state index is 12.0. The summed E-state index contributed by atoms with van der Waals surface area (Å²) in [6, 6.07) is 15.4. The van der Waals surface area contributed by atoms with Crippen LogP contribution >= 0.6 is 0 Å². The molecule has 0 aromatic heterocycles. The van der Waals surface area contributed by atoms with Gasteiger partial charge in [-0.05, 0) is 49.8 Å². The van der Waals surface area contributed by atoms with E-state index < -0.39 is 0 Å². The molecule has 1 heterocycles. The van der Waals surface area contributed by atoms with E-state index in [9.17, 15) is 4.79 Å². The number of nitrogens with one attached hydrogen (secondary N) is 1. The molecule has 1 N–H and O–H groups in total. The second-order valence-corrected chi connectivity index (χ2v) is 6.02. The Kier molecular flexibility index (Phi) is 4.02. The molecule has 0 bridgehead atoms. The van der Waals surface area contributed by atoms with Crippen molar-refractivity contribution < 1.29 is 9.53 Å². The number of carbonyl (C=O) groups is 1.